The Balaban J connectivity index is 3.47. The molecule has 2 unspecified atom stereocenters. The fourth-order valence-corrected chi connectivity index (χ4v) is 3.49. The quantitative estimate of drug-likeness (QED) is 0.439. The van der Waals surface area contributed by atoms with E-state index in [4.69, 9.17) is 4.74 Å². The number of alkyl carbamates (subject to hydrolysis) is 1. The Kier molecular flexibility index (Phi) is 10.6. The number of nitrogens with zero attached hydrogens (tertiary/aromatic N) is 1. The molecule has 0 saturated carbocycles. The number of phenolic OH excluding ortho intramolecular Hbond substituents is 1. The first-order chi connectivity index (χ1) is 15.7. The highest BCUT2D eigenvalue weighted by molar-refractivity contribution is 5.92. The molecule has 0 saturated heterocycles. The molecule has 0 heterocycles. The van der Waals surface area contributed by atoms with Crippen LogP contribution in [-0.4, -0.2) is 52.1 Å². The molecule has 3 N–H and O–H groups in total. The number of rotatable bonds is 10. The van der Waals surface area contributed by atoms with Gasteiger partial charge >= 0.3 is 6.09 Å². The molecule has 1 aromatic rings. The Bertz CT molecular complexity index is 874. The predicted molar refractivity (Wildman–Crippen MR) is 133 cm³/mol. The maximum absolute atomic E-state index is 13.8. The van der Waals surface area contributed by atoms with Crippen LogP contribution in [0.25, 0.3) is 0 Å². The number of amides is 3. The van der Waals surface area contributed by atoms with E-state index >= 15 is 0 Å². The molecule has 2 atom stereocenters. The van der Waals surface area contributed by atoms with Crippen LogP contribution in [-0.2, 0) is 14.3 Å². The van der Waals surface area contributed by atoms with Gasteiger partial charge in [0.05, 0.1) is 0 Å². The van der Waals surface area contributed by atoms with Gasteiger partial charge in [0.1, 0.15) is 23.4 Å². The molecular weight excluding hydrogens is 434 g/mol. The second-order valence-corrected chi connectivity index (χ2v) is 10.2. The van der Waals surface area contributed by atoms with E-state index < -0.39 is 29.7 Å². The van der Waals surface area contributed by atoms with Crippen LogP contribution < -0.4 is 10.6 Å². The van der Waals surface area contributed by atoms with Gasteiger partial charge in [-0.05, 0) is 77.1 Å². The molecule has 0 aliphatic heterocycles. The molecule has 3 amide bonds. The number of aromatic hydroxyl groups is 1. The van der Waals surface area contributed by atoms with Gasteiger partial charge in [-0.1, -0.05) is 26.0 Å². The molecule has 0 fully saturated rings. The van der Waals surface area contributed by atoms with Gasteiger partial charge in [-0.15, -0.1) is 6.58 Å². The number of hydrogen-bond donors (Lipinski definition) is 3. The Morgan fingerprint density at radius 2 is 1.76 bits per heavy atom. The molecule has 8 nitrogen and oxygen atoms in total. The third-order valence-corrected chi connectivity index (χ3v) is 4.83. The fourth-order valence-electron chi connectivity index (χ4n) is 3.49. The Morgan fingerprint density at radius 3 is 2.24 bits per heavy atom. The standard InChI is InChI=1S/C26H41N3O5/c1-10-13-29(24(32)20(14-16(2)3)28-25(33)34-26(7,8)9)22(23(31)27-17(4)5)19-11-12-21(30)18(6)15-19/h10-12,15-17,20,22,30H,1,13-14H2,2-9H3,(H,27,31)(H,28,33). The summed E-state index contributed by atoms with van der Waals surface area (Å²) < 4.78 is 5.37. The first-order valence-corrected chi connectivity index (χ1v) is 11.7. The van der Waals surface area contributed by atoms with Gasteiger partial charge in [0.25, 0.3) is 0 Å². The maximum Gasteiger partial charge on any atom is 0.408 e. The van der Waals surface area contributed by atoms with E-state index in [1.807, 2.05) is 27.7 Å². The Morgan fingerprint density at radius 1 is 1.15 bits per heavy atom. The van der Waals surface area contributed by atoms with E-state index in [0.717, 1.165) is 0 Å². The van der Waals surface area contributed by atoms with Crippen molar-refractivity contribution in [2.24, 2.45) is 5.92 Å². The van der Waals surface area contributed by atoms with Gasteiger partial charge in [-0.3, -0.25) is 9.59 Å². The smallest absolute Gasteiger partial charge is 0.408 e. The minimum atomic E-state index is -0.984. The summed E-state index contributed by atoms with van der Waals surface area (Å²) in [6.07, 6.45) is 1.20. The molecule has 0 aliphatic rings. The number of carbonyl (C=O) groups excluding carboxylic acids is 3. The first-order valence-electron chi connectivity index (χ1n) is 11.7. The molecule has 0 aliphatic carbocycles. The summed E-state index contributed by atoms with van der Waals surface area (Å²) in [7, 11) is 0. The molecule has 0 bridgehead atoms. The molecule has 0 aromatic heterocycles. The largest absolute Gasteiger partial charge is 0.508 e. The summed E-state index contributed by atoms with van der Waals surface area (Å²) in [4.78, 5) is 41.0. The zero-order valence-corrected chi connectivity index (χ0v) is 21.8. The van der Waals surface area contributed by atoms with Crippen LogP contribution in [0, 0.1) is 12.8 Å². The average Bonchev–Trinajstić information content (AvgIpc) is 2.66. The number of benzene rings is 1. The van der Waals surface area contributed by atoms with Crippen LogP contribution in [0.2, 0.25) is 0 Å². The van der Waals surface area contributed by atoms with Crippen molar-refractivity contribution in [3.05, 3.63) is 42.0 Å². The SMILES string of the molecule is C=CCN(C(=O)C(CC(C)C)NC(=O)OC(C)(C)C)C(C(=O)NC(C)C)c1ccc(O)c(C)c1. The number of nitrogens with one attached hydrogen (secondary N) is 2. The van der Waals surface area contributed by atoms with Gasteiger partial charge < -0.3 is 25.4 Å². The zero-order chi connectivity index (χ0) is 26.2. The summed E-state index contributed by atoms with van der Waals surface area (Å²) in [6.45, 7) is 18.4. The van der Waals surface area contributed by atoms with Crippen LogP contribution in [0.5, 0.6) is 5.75 Å². The van der Waals surface area contributed by atoms with Gasteiger partial charge in [-0.2, -0.15) is 0 Å². The van der Waals surface area contributed by atoms with E-state index in [1.54, 1.807) is 45.9 Å². The minimum absolute atomic E-state index is 0.0829. The highest BCUT2D eigenvalue weighted by atomic mass is 16.6. The van der Waals surface area contributed by atoms with Crippen LogP contribution in [0.1, 0.15) is 72.1 Å². The molecular formula is C26H41N3O5. The number of ether oxygens (including phenoxy) is 1. The van der Waals surface area contributed by atoms with Crippen LogP contribution >= 0.6 is 0 Å². The fraction of sp³-hybridized carbons (Fsp3) is 0.577. The van der Waals surface area contributed by atoms with Crippen molar-refractivity contribution in [3.8, 4) is 5.75 Å². The van der Waals surface area contributed by atoms with Gasteiger partial charge in [0, 0.05) is 12.6 Å². The molecule has 190 valence electrons. The number of phenols is 1. The topological polar surface area (TPSA) is 108 Å². The minimum Gasteiger partial charge on any atom is -0.508 e. The van der Waals surface area contributed by atoms with Gasteiger partial charge in [-0.25, -0.2) is 4.79 Å². The third-order valence-electron chi connectivity index (χ3n) is 4.83. The monoisotopic (exact) mass is 475 g/mol. The van der Waals surface area contributed by atoms with Crippen molar-refractivity contribution in [3.63, 3.8) is 0 Å². The molecule has 34 heavy (non-hydrogen) atoms. The van der Waals surface area contributed by atoms with Gasteiger partial charge in [0.15, 0.2) is 0 Å². The van der Waals surface area contributed by atoms with Crippen LogP contribution in [0.4, 0.5) is 4.79 Å². The highest BCUT2D eigenvalue weighted by Crippen LogP contribution is 2.28. The van der Waals surface area contributed by atoms with Crippen molar-refractivity contribution in [1.29, 1.82) is 0 Å². The summed E-state index contributed by atoms with van der Waals surface area (Å²) in [5, 5.41) is 15.6. The van der Waals surface area contributed by atoms with Crippen molar-refractivity contribution in [1.82, 2.24) is 15.5 Å². The first kappa shape index (κ1) is 29.0. The Labute approximate surface area is 203 Å². The van der Waals surface area contributed by atoms with E-state index in [9.17, 15) is 19.5 Å². The third kappa shape index (κ3) is 9.08. The molecule has 0 radical (unpaired) electrons. The van der Waals surface area contributed by atoms with Crippen LogP contribution in [0.3, 0.4) is 0 Å². The van der Waals surface area contributed by atoms with E-state index in [0.29, 0.717) is 17.5 Å². The number of hydrogen-bond acceptors (Lipinski definition) is 5. The lowest BCUT2D eigenvalue weighted by molar-refractivity contribution is -0.142. The molecule has 1 rings (SSSR count). The second kappa shape index (κ2) is 12.4. The second-order valence-electron chi connectivity index (χ2n) is 10.2. The lowest BCUT2D eigenvalue weighted by Crippen LogP contribution is -2.53. The van der Waals surface area contributed by atoms with E-state index in [2.05, 4.69) is 17.2 Å². The molecule has 0 spiro atoms. The zero-order valence-electron chi connectivity index (χ0n) is 21.8. The summed E-state index contributed by atoms with van der Waals surface area (Å²) in [6, 6.07) is 2.77. The van der Waals surface area contributed by atoms with Crippen LogP contribution in [0.15, 0.2) is 30.9 Å². The van der Waals surface area contributed by atoms with Crippen molar-refractivity contribution >= 4 is 17.9 Å². The lowest BCUT2D eigenvalue weighted by atomic mass is 9.98. The molecule has 1 aromatic carbocycles. The van der Waals surface area contributed by atoms with Crippen molar-refractivity contribution in [2.45, 2.75) is 85.5 Å². The van der Waals surface area contributed by atoms with Gasteiger partial charge in [0.2, 0.25) is 11.8 Å². The lowest BCUT2D eigenvalue weighted by Gasteiger charge is -2.34. The van der Waals surface area contributed by atoms with Crippen molar-refractivity contribution in [2.75, 3.05) is 6.54 Å². The predicted octanol–water partition coefficient (Wildman–Crippen LogP) is 4.22. The normalized spacial score (nSPS) is 13.2. The number of aryl methyl sites for hydroxylation is 1. The van der Waals surface area contributed by atoms with E-state index in [-0.39, 0.29) is 30.2 Å². The summed E-state index contributed by atoms with van der Waals surface area (Å²) in [5.41, 5.74) is 0.403. The summed E-state index contributed by atoms with van der Waals surface area (Å²) >= 11 is 0. The molecule has 8 heteroatoms. The van der Waals surface area contributed by atoms with E-state index in [1.165, 1.54) is 11.0 Å². The number of carbonyl (C=O) groups is 3. The average molecular weight is 476 g/mol. The van der Waals surface area contributed by atoms with Crippen molar-refractivity contribution < 1.29 is 24.2 Å². The maximum atomic E-state index is 13.8. The highest BCUT2D eigenvalue weighted by Gasteiger charge is 2.36. The summed E-state index contributed by atoms with van der Waals surface area (Å²) in [5.74, 6) is -0.601. The Hall–Kier alpha value is -3.03.